The van der Waals surface area contributed by atoms with Crippen molar-refractivity contribution in [3.05, 3.63) is 35.6 Å². The van der Waals surface area contributed by atoms with E-state index in [2.05, 4.69) is 0 Å². The summed E-state index contributed by atoms with van der Waals surface area (Å²) in [5.41, 5.74) is 0.803. The number of halogens is 3. The molecule has 0 saturated heterocycles. The van der Waals surface area contributed by atoms with Gasteiger partial charge >= 0.3 is 12.1 Å². The Balaban J connectivity index is 2.24. The molecule has 0 spiro atoms. The summed E-state index contributed by atoms with van der Waals surface area (Å²) < 4.78 is 41.9. The van der Waals surface area contributed by atoms with Crippen molar-refractivity contribution >= 4 is 16.9 Å². The van der Waals surface area contributed by atoms with Crippen molar-refractivity contribution in [1.82, 2.24) is 4.90 Å². The first-order chi connectivity index (χ1) is 9.78. The Morgan fingerprint density at radius 2 is 2.00 bits per heavy atom. The zero-order chi connectivity index (χ0) is 15.6. The molecule has 0 radical (unpaired) electrons. The number of hydrogen-bond acceptors (Lipinski definition) is 3. The number of rotatable bonds is 5. The molecule has 0 aliphatic rings. The maximum absolute atomic E-state index is 12.2. The van der Waals surface area contributed by atoms with Crippen molar-refractivity contribution in [2.75, 3.05) is 13.6 Å². The Labute approximate surface area is 118 Å². The van der Waals surface area contributed by atoms with E-state index in [1.54, 1.807) is 24.3 Å². The molecule has 0 bridgehead atoms. The minimum absolute atomic E-state index is 0.0781. The highest BCUT2D eigenvalue weighted by molar-refractivity contribution is 5.95. The van der Waals surface area contributed by atoms with Crippen LogP contribution in [0.5, 0.6) is 0 Å². The molecule has 0 aliphatic carbocycles. The van der Waals surface area contributed by atoms with E-state index in [-0.39, 0.29) is 18.8 Å². The molecule has 1 aromatic carbocycles. The van der Waals surface area contributed by atoms with Crippen molar-refractivity contribution < 1.29 is 27.5 Å². The summed E-state index contributed by atoms with van der Waals surface area (Å²) >= 11 is 0. The molecule has 0 fully saturated rings. The molecular weight excluding hydrogens is 287 g/mol. The molecule has 0 amide bonds. The number of aromatic carboxylic acids is 1. The first-order valence-corrected chi connectivity index (χ1v) is 6.27. The van der Waals surface area contributed by atoms with Crippen LogP contribution in [0.2, 0.25) is 0 Å². The fraction of sp³-hybridized carbons (Fsp3) is 0.357. The zero-order valence-corrected chi connectivity index (χ0v) is 11.3. The molecule has 7 heteroatoms. The Hall–Kier alpha value is -2.02. The van der Waals surface area contributed by atoms with Crippen LogP contribution < -0.4 is 0 Å². The number of alkyl halides is 3. The van der Waals surface area contributed by atoms with Gasteiger partial charge in [0, 0.05) is 24.0 Å². The van der Waals surface area contributed by atoms with Crippen LogP contribution in [-0.2, 0) is 6.54 Å². The molecule has 0 atom stereocenters. The number of hydrogen-bond donors (Lipinski definition) is 1. The van der Waals surface area contributed by atoms with Crippen LogP contribution in [0.15, 0.2) is 28.7 Å². The smallest absolute Gasteiger partial charge is 0.390 e. The summed E-state index contributed by atoms with van der Waals surface area (Å²) in [6.07, 6.45) is -5.18. The van der Waals surface area contributed by atoms with Crippen molar-refractivity contribution in [2.24, 2.45) is 0 Å². The molecule has 114 valence electrons. The highest BCUT2D eigenvalue weighted by Gasteiger charge is 2.28. The molecular formula is C14H14F3NO3. The Bertz CT molecular complexity index is 648. The summed E-state index contributed by atoms with van der Waals surface area (Å²) in [4.78, 5) is 12.6. The second kappa shape index (κ2) is 5.77. The summed E-state index contributed by atoms with van der Waals surface area (Å²) in [5, 5.41) is 9.75. The maximum atomic E-state index is 12.2. The predicted molar refractivity (Wildman–Crippen MR) is 70.2 cm³/mol. The van der Waals surface area contributed by atoms with Gasteiger partial charge in [0.05, 0.1) is 6.42 Å². The fourth-order valence-electron chi connectivity index (χ4n) is 2.10. The average Bonchev–Trinajstić information content (AvgIpc) is 2.75. The van der Waals surface area contributed by atoms with E-state index in [4.69, 9.17) is 9.52 Å². The van der Waals surface area contributed by atoms with Gasteiger partial charge in [-0.3, -0.25) is 0 Å². The molecule has 2 aromatic rings. The zero-order valence-electron chi connectivity index (χ0n) is 11.3. The minimum Gasteiger partial charge on any atom is -0.475 e. The van der Waals surface area contributed by atoms with Crippen molar-refractivity contribution in [3.63, 3.8) is 0 Å². The standard InChI is InChI=1S/C14H14F3NO3/c1-18(7-6-14(15,16)17)8-10-9-4-2-3-5-11(9)21-12(10)13(19)20/h2-5H,6-8H2,1H3,(H,19,20). The van der Waals surface area contributed by atoms with Crippen LogP contribution in [0.3, 0.4) is 0 Å². The van der Waals surface area contributed by atoms with Crippen LogP contribution >= 0.6 is 0 Å². The van der Waals surface area contributed by atoms with Crippen molar-refractivity contribution in [2.45, 2.75) is 19.1 Å². The Morgan fingerprint density at radius 1 is 1.33 bits per heavy atom. The van der Waals surface area contributed by atoms with Gasteiger partial charge in [-0.1, -0.05) is 18.2 Å². The van der Waals surface area contributed by atoms with Gasteiger partial charge < -0.3 is 14.4 Å². The fourth-order valence-corrected chi connectivity index (χ4v) is 2.10. The monoisotopic (exact) mass is 301 g/mol. The molecule has 0 aliphatic heterocycles. The third-order valence-electron chi connectivity index (χ3n) is 3.10. The van der Waals surface area contributed by atoms with E-state index >= 15 is 0 Å². The van der Waals surface area contributed by atoms with E-state index < -0.39 is 18.6 Å². The van der Waals surface area contributed by atoms with Gasteiger partial charge in [-0.05, 0) is 13.1 Å². The Morgan fingerprint density at radius 3 is 2.62 bits per heavy atom. The van der Waals surface area contributed by atoms with E-state index in [9.17, 15) is 18.0 Å². The van der Waals surface area contributed by atoms with Crippen LogP contribution in [0, 0.1) is 0 Å². The SMILES string of the molecule is CN(CCC(F)(F)F)Cc1c(C(=O)O)oc2ccccc12. The summed E-state index contributed by atoms with van der Waals surface area (Å²) in [6, 6.07) is 6.75. The third-order valence-corrected chi connectivity index (χ3v) is 3.10. The average molecular weight is 301 g/mol. The van der Waals surface area contributed by atoms with Gasteiger partial charge in [-0.15, -0.1) is 0 Å². The number of carboxylic acids is 1. The molecule has 0 saturated carbocycles. The highest BCUT2D eigenvalue weighted by Crippen LogP contribution is 2.27. The number of para-hydroxylation sites is 1. The quantitative estimate of drug-likeness (QED) is 0.918. The highest BCUT2D eigenvalue weighted by atomic mass is 19.4. The lowest BCUT2D eigenvalue weighted by molar-refractivity contribution is -0.137. The molecule has 0 unspecified atom stereocenters. The second-order valence-corrected chi connectivity index (χ2v) is 4.81. The Kier molecular flexibility index (Phi) is 4.22. The normalized spacial score (nSPS) is 12.2. The molecule has 1 heterocycles. The summed E-state index contributed by atoms with van der Waals surface area (Å²) in [6.45, 7) is -0.128. The molecule has 4 nitrogen and oxygen atoms in total. The minimum atomic E-state index is -4.23. The van der Waals surface area contributed by atoms with E-state index in [1.165, 1.54) is 11.9 Å². The first kappa shape index (κ1) is 15.4. The number of nitrogens with zero attached hydrogens (tertiary/aromatic N) is 1. The number of carboxylic acid groups (broad SMARTS) is 1. The van der Waals surface area contributed by atoms with Crippen LogP contribution in [0.1, 0.15) is 22.5 Å². The lowest BCUT2D eigenvalue weighted by atomic mass is 10.1. The van der Waals surface area contributed by atoms with Gasteiger partial charge in [0.25, 0.3) is 0 Å². The topological polar surface area (TPSA) is 53.7 Å². The van der Waals surface area contributed by atoms with Gasteiger partial charge in [0.1, 0.15) is 5.58 Å². The molecule has 21 heavy (non-hydrogen) atoms. The summed E-state index contributed by atoms with van der Waals surface area (Å²) in [7, 11) is 1.51. The predicted octanol–water partition coefficient (Wildman–Crippen LogP) is 3.52. The first-order valence-electron chi connectivity index (χ1n) is 6.27. The lowest BCUT2D eigenvalue weighted by Gasteiger charge is -2.17. The lowest BCUT2D eigenvalue weighted by Crippen LogP contribution is -2.24. The van der Waals surface area contributed by atoms with Crippen LogP contribution in [0.25, 0.3) is 11.0 Å². The third kappa shape index (κ3) is 3.75. The van der Waals surface area contributed by atoms with Crippen molar-refractivity contribution in [1.29, 1.82) is 0 Å². The molecule has 1 N–H and O–H groups in total. The van der Waals surface area contributed by atoms with Gasteiger partial charge in [-0.25, -0.2) is 4.79 Å². The number of benzene rings is 1. The number of furan rings is 1. The van der Waals surface area contributed by atoms with E-state index in [1.807, 2.05) is 0 Å². The number of carbonyl (C=O) groups is 1. The van der Waals surface area contributed by atoms with Crippen molar-refractivity contribution in [3.8, 4) is 0 Å². The van der Waals surface area contributed by atoms with Crippen LogP contribution in [-0.4, -0.2) is 35.7 Å². The maximum Gasteiger partial charge on any atom is 0.390 e. The summed E-state index contributed by atoms with van der Waals surface area (Å²) in [5.74, 6) is -1.46. The van der Waals surface area contributed by atoms with Crippen LogP contribution in [0.4, 0.5) is 13.2 Å². The van der Waals surface area contributed by atoms with Gasteiger partial charge in [-0.2, -0.15) is 13.2 Å². The van der Waals surface area contributed by atoms with Gasteiger partial charge in [0.15, 0.2) is 0 Å². The van der Waals surface area contributed by atoms with E-state index in [0.717, 1.165) is 0 Å². The number of fused-ring (bicyclic) bond motifs is 1. The molecule has 2 rings (SSSR count). The van der Waals surface area contributed by atoms with Gasteiger partial charge in [0.2, 0.25) is 5.76 Å². The van der Waals surface area contributed by atoms with E-state index in [0.29, 0.717) is 16.5 Å². The largest absolute Gasteiger partial charge is 0.475 e. The molecule has 1 aromatic heterocycles. The second-order valence-electron chi connectivity index (χ2n) is 4.81.